The molecule has 2 nitrogen and oxygen atoms in total. The molecule has 0 heterocycles. The van der Waals surface area contributed by atoms with Gasteiger partial charge < -0.3 is 9.47 Å². The highest BCUT2D eigenvalue weighted by molar-refractivity contribution is 5.42. The van der Waals surface area contributed by atoms with Crippen molar-refractivity contribution in [1.29, 1.82) is 0 Å². The molecule has 0 unspecified atom stereocenters. The van der Waals surface area contributed by atoms with Gasteiger partial charge in [0.15, 0.2) is 0 Å². The molecule has 0 spiro atoms. The molecule has 2 heteroatoms. The summed E-state index contributed by atoms with van der Waals surface area (Å²) in [4.78, 5) is 0. The Morgan fingerprint density at radius 3 is 2.21 bits per heavy atom. The minimum absolute atomic E-state index is 0.636. The number of benzene rings is 1. The van der Waals surface area contributed by atoms with E-state index in [1.807, 2.05) is 0 Å². The second-order valence-electron chi connectivity index (χ2n) is 9.49. The zero-order chi connectivity index (χ0) is 19.8. The average Bonchev–Trinajstić information content (AvgIpc) is 2.73. The normalized spacial score (nSPS) is 28.1. The van der Waals surface area contributed by atoms with Crippen LogP contribution in [0.15, 0.2) is 18.2 Å². The largest absolute Gasteiger partial charge is 0.494 e. The molecule has 28 heavy (non-hydrogen) atoms. The number of ether oxygens (including phenoxy) is 2. The molecule has 3 rings (SSSR count). The highest BCUT2D eigenvalue weighted by atomic mass is 16.5. The van der Waals surface area contributed by atoms with Gasteiger partial charge in [-0.25, -0.2) is 0 Å². The van der Waals surface area contributed by atoms with Crippen molar-refractivity contribution in [2.45, 2.75) is 97.3 Å². The van der Waals surface area contributed by atoms with Crippen molar-refractivity contribution in [3.8, 4) is 11.5 Å². The summed E-state index contributed by atoms with van der Waals surface area (Å²) in [5.74, 6) is 5.36. The summed E-state index contributed by atoms with van der Waals surface area (Å²) in [6.45, 7) is 8.56. The third-order valence-corrected chi connectivity index (χ3v) is 7.05. The molecule has 2 aliphatic rings. The summed E-state index contributed by atoms with van der Waals surface area (Å²) in [6.07, 6.45) is 14.5. The molecule has 2 aliphatic carbocycles. The van der Waals surface area contributed by atoms with E-state index in [0.717, 1.165) is 48.9 Å². The Morgan fingerprint density at radius 2 is 1.54 bits per heavy atom. The van der Waals surface area contributed by atoms with E-state index in [4.69, 9.17) is 9.47 Å². The minimum Gasteiger partial charge on any atom is -0.494 e. The van der Waals surface area contributed by atoms with E-state index >= 15 is 0 Å². The Hall–Kier alpha value is -1.18. The molecule has 2 fully saturated rings. The first-order chi connectivity index (χ1) is 13.7. The van der Waals surface area contributed by atoms with Crippen molar-refractivity contribution in [3.05, 3.63) is 23.8 Å². The molecule has 2 saturated carbocycles. The lowest BCUT2D eigenvalue weighted by molar-refractivity contribution is 0.176. The highest BCUT2D eigenvalue weighted by Crippen LogP contribution is 2.41. The summed E-state index contributed by atoms with van der Waals surface area (Å²) in [5, 5.41) is 0. The second kappa shape index (κ2) is 11.1. The standard InChI is InChI=1S/C26H42O2/c1-4-6-21-9-11-22(12-10-21)19-28-26-16-15-24(27-17-5-2)18-25(26)23-13-7-20(3)8-14-23/h15-16,18,20-23H,4-14,17,19H2,1-3H3. The summed E-state index contributed by atoms with van der Waals surface area (Å²) in [5.41, 5.74) is 1.40. The molecule has 0 saturated heterocycles. The van der Waals surface area contributed by atoms with E-state index in [9.17, 15) is 0 Å². The maximum absolute atomic E-state index is 6.46. The summed E-state index contributed by atoms with van der Waals surface area (Å²) in [7, 11) is 0. The third kappa shape index (κ3) is 6.16. The van der Waals surface area contributed by atoms with Gasteiger partial charge in [-0.3, -0.25) is 0 Å². The summed E-state index contributed by atoms with van der Waals surface area (Å²) >= 11 is 0. The molecule has 0 radical (unpaired) electrons. The molecule has 1 aromatic rings. The predicted octanol–water partition coefficient (Wildman–Crippen LogP) is 7.75. The lowest BCUT2D eigenvalue weighted by atomic mass is 9.79. The van der Waals surface area contributed by atoms with Gasteiger partial charge in [0.25, 0.3) is 0 Å². The van der Waals surface area contributed by atoms with Crippen LogP contribution in [0.5, 0.6) is 11.5 Å². The van der Waals surface area contributed by atoms with Gasteiger partial charge in [0.1, 0.15) is 11.5 Å². The Balaban J connectivity index is 1.62. The smallest absolute Gasteiger partial charge is 0.123 e. The van der Waals surface area contributed by atoms with Crippen LogP contribution in [0, 0.1) is 17.8 Å². The summed E-state index contributed by atoms with van der Waals surface area (Å²) in [6, 6.07) is 6.57. The van der Waals surface area contributed by atoms with Crippen molar-refractivity contribution in [3.63, 3.8) is 0 Å². The van der Waals surface area contributed by atoms with Crippen molar-refractivity contribution in [2.75, 3.05) is 13.2 Å². The second-order valence-corrected chi connectivity index (χ2v) is 9.49. The molecule has 0 N–H and O–H groups in total. The fraction of sp³-hybridized carbons (Fsp3) is 0.769. The van der Waals surface area contributed by atoms with Crippen molar-refractivity contribution >= 4 is 0 Å². The number of rotatable bonds is 9. The molecule has 158 valence electrons. The van der Waals surface area contributed by atoms with Gasteiger partial charge in [0, 0.05) is 5.56 Å². The average molecular weight is 387 g/mol. The van der Waals surface area contributed by atoms with Gasteiger partial charge in [0.05, 0.1) is 13.2 Å². The predicted molar refractivity (Wildman–Crippen MR) is 118 cm³/mol. The lowest BCUT2D eigenvalue weighted by Crippen LogP contribution is -2.20. The molecule has 0 amide bonds. The maximum Gasteiger partial charge on any atom is 0.123 e. The van der Waals surface area contributed by atoms with Gasteiger partial charge in [-0.1, -0.05) is 59.3 Å². The minimum atomic E-state index is 0.636. The van der Waals surface area contributed by atoms with Gasteiger partial charge in [-0.05, 0) is 74.0 Å². The van der Waals surface area contributed by atoms with Crippen LogP contribution in [-0.2, 0) is 0 Å². The first-order valence-corrected chi connectivity index (χ1v) is 12.1. The van der Waals surface area contributed by atoms with E-state index in [1.54, 1.807) is 0 Å². The van der Waals surface area contributed by atoms with Crippen LogP contribution in [0.2, 0.25) is 0 Å². The molecule has 0 atom stereocenters. The van der Waals surface area contributed by atoms with Crippen molar-refractivity contribution in [2.24, 2.45) is 17.8 Å². The lowest BCUT2D eigenvalue weighted by Gasteiger charge is -2.30. The fourth-order valence-corrected chi connectivity index (χ4v) is 5.16. The Bertz CT molecular complexity index is 566. The monoisotopic (exact) mass is 386 g/mol. The molecular formula is C26H42O2. The Morgan fingerprint density at radius 1 is 0.821 bits per heavy atom. The van der Waals surface area contributed by atoms with E-state index in [2.05, 4.69) is 39.0 Å². The van der Waals surface area contributed by atoms with Crippen LogP contribution in [0.3, 0.4) is 0 Å². The van der Waals surface area contributed by atoms with E-state index in [-0.39, 0.29) is 0 Å². The van der Waals surface area contributed by atoms with Crippen LogP contribution in [0.25, 0.3) is 0 Å². The van der Waals surface area contributed by atoms with Gasteiger partial charge in [0.2, 0.25) is 0 Å². The third-order valence-electron chi connectivity index (χ3n) is 7.05. The van der Waals surface area contributed by atoms with Crippen LogP contribution in [0.1, 0.15) is 103 Å². The fourth-order valence-electron chi connectivity index (χ4n) is 5.16. The molecule has 0 aliphatic heterocycles. The van der Waals surface area contributed by atoms with Gasteiger partial charge >= 0.3 is 0 Å². The van der Waals surface area contributed by atoms with Gasteiger partial charge in [-0.15, -0.1) is 0 Å². The topological polar surface area (TPSA) is 18.5 Å². The van der Waals surface area contributed by atoms with Crippen LogP contribution in [0.4, 0.5) is 0 Å². The van der Waals surface area contributed by atoms with Crippen LogP contribution < -0.4 is 9.47 Å². The molecular weight excluding hydrogens is 344 g/mol. The van der Waals surface area contributed by atoms with E-state index < -0.39 is 0 Å². The van der Waals surface area contributed by atoms with Crippen LogP contribution >= 0.6 is 0 Å². The SMILES string of the molecule is CCCOc1ccc(OCC2CCC(CCC)CC2)c(C2CCC(C)CC2)c1. The van der Waals surface area contributed by atoms with Crippen molar-refractivity contribution in [1.82, 2.24) is 0 Å². The van der Waals surface area contributed by atoms with E-state index in [1.165, 1.54) is 69.8 Å². The van der Waals surface area contributed by atoms with Crippen molar-refractivity contribution < 1.29 is 9.47 Å². The van der Waals surface area contributed by atoms with Gasteiger partial charge in [-0.2, -0.15) is 0 Å². The molecule has 0 aromatic heterocycles. The zero-order valence-corrected chi connectivity index (χ0v) is 18.6. The van der Waals surface area contributed by atoms with E-state index in [0.29, 0.717) is 5.92 Å². The molecule has 0 bridgehead atoms. The Labute approximate surface area is 173 Å². The highest BCUT2D eigenvalue weighted by Gasteiger charge is 2.25. The summed E-state index contributed by atoms with van der Waals surface area (Å²) < 4.78 is 12.4. The molecule has 1 aromatic carbocycles. The quantitative estimate of drug-likeness (QED) is 0.432. The Kier molecular flexibility index (Phi) is 8.55. The number of hydrogen-bond donors (Lipinski definition) is 0. The number of hydrogen-bond acceptors (Lipinski definition) is 2. The van der Waals surface area contributed by atoms with Crippen LogP contribution in [-0.4, -0.2) is 13.2 Å². The zero-order valence-electron chi connectivity index (χ0n) is 18.6. The maximum atomic E-state index is 6.46. The first-order valence-electron chi connectivity index (χ1n) is 12.1. The first kappa shape index (κ1) is 21.5.